The van der Waals surface area contributed by atoms with Gasteiger partial charge < -0.3 is 4.74 Å². The smallest absolute Gasteiger partial charge is 0.309 e. The highest BCUT2D eigenvalue weighted by Gasteiger charge is 2.30. The van der Waals surface area contributed by atoms with Gasteiger partial charge in [0.05, 0.1) is 5.92 Å². The van der Waals surface area contributed by atoms with Gasteiger partial charge in [-0.05, 0) is 25.7 Å². The van der Waals surface area contributed by atoms with Crippen molar-refractivity contribution in [1.29, 1.82) is 0 Å². The Labute approximate surface area is 79.0 Å². The van der Waals surface area contributed by atoms with Crippen molar-refractivity contribution in [3.8, 4) is 0 Å². The first-order valence-electron chi connectivity index (χ1n) is 5.13. The molecule has 2 aliphatic rings. The lowest BCUT2D eigenvalue weighted by molar-refractivity contribution is -0.154. The van der Waals surface area contributed by atoms with Gasteiger partial charge in [-0.1, -0.05) is 18.6 Å². The van der Waals surface area contributed by atoms with Crippen LogP contribution in [0.5, 0.6) is 0 Å². The van der Waals surface area contributed by atoms with Crippen LogP contribution >= 0.6 is 0 Å². The molecule has 2 bridgehead atoms. The lowest BCUT2D eigenvalue weighted by atomic mass is 9.95. The second-order valence-corrected chi connectivity index (χ2v) is 4.20. The minimum absolute atomic E-state index is 0.0170. The van der Waals surface area contributed by atoms with Gasteiger partial charge in [0.2, 0.25) is 0 Å². The van der Waals surface area contributed by atoms with E-state index in [1.54, 1.807) is 0 Å². The molecule has 0 saturated carbocycles. The van der Waals surface area contributed by atoms with E-state index in [0.29, 0.717) is 0 Å². The molecule has 0 amide bonds. The van der Waals surface area contributed by atoms with Crippen LogP contribution in [0.25, 0.3) is 0 Å². The number of fused-ring (bicyclic) bond motifs is 3. The van der Waals surface area contributed by atoms with E-state index in [1.165, 1.54) is 18.4 Å². The Balaban J connectivity index is 2.18. The molecule has 2 nitrogen and oxygen atoms in total. The van der Waals surface area contributed by atoms with Gasteiger partial charge in [-0.15, -0.1) is 0 Å². The molecule has 0 aromatic rings. The molecular weight excluding hydrogens is 164 g/mol. The molecule has 2 rings (SSSR count). The number of hydrogen-bond acceptors (Lipinski definition) is 2. The predicted octanol–water partition coefficient (Wildman–Crippen LogP) is 2.44. The monoisotopic (exact) mass is 180 g/mol. The van der Waals surface area contributed by atoms with Crippen molar-refractivity contribution in [3.05, 3.63) is 12.2 Å². The van der Waals surface area contributed by atoms with Crippen LogP contribution in [0.1, 0.15) is 38.5 Å². The number of ether oxygens (including phenoxy) is 1. The van der Waals surface area contributed by atoms with E-state index in [1.807, 2.05) is 0 Å². The van der Waals surface area contributed by atoms with Crippen molar-refractivity contribution in [2.45, 2.75) is 44.6 Å². The second kappa shape index (κ2) is 3.52. The number of carbonyl (C=O) groups excluding carboxylic acids is 1. The molecule has 2 atom stereocenters. The summed E-state index contributed by atoms with van der Waals surface area (Å²) in [6, 6.07) is 0. The summed E-state index contributed by atoms with van der Waals surface area (Å²) in [4.78, 5) is 11.5. The lowest BCUT2D eigenvalue weighted by Crippen LogP contribution is -2.23. The molecule has 2 heterocycles. The average Bonchev–Trinajstić information content (AvgIpc) is 2.16. The number of carbonyl (C=O) groups is 1. The highest BCUT2D eigenvalue weighted by atomic mass is 16.5. The molecule has 0 unspecified atom stereocenters. The first-order valence-corrected chi connectivity index (χ1v) is 5.13. The summed E-state index contributed by atoms with van der Waals surface area (Å²) >= 11 is 0. The Morgan fingerprint density at radius 3 is 2.85 bits per heavy atom. The van der Waals surface area contributed by atoms with E-state index in [0.717, 1.165) is 25.7 Å². The third-order valence-corrected chi connectivity index (χ3v) is 3.00. The maximum absolute atomic E-state index is 11.5. The van der Waals surface area contributed by atoms with Gasteiger partial charge >= 0.3 is 5.97 Å². The van der Waals surface area contributed by atoms with Crippen LogP contribution in [0.2, 0.25) is 0 Å². The van der Waals surface area contributed by atoms with E-state index in [2.05, 4.69) is 6.58 Å². The predicted molar refractivity (Wildman–Crippen MR) is 50.2 cm³/mol. The van der Waals surface area contributed by atoms with Gasteiger partial charge in [0, 0.05) is 6.42 Å². The van der Waals surface area contributed by atoms with E-state index < -0.39 is 0 Å². The van der Waals surface area contributed by atoms with Crippen molar-refractivity contribution in [2.75, 3.05) is 0 Å². The molecule has 0 aliphatic carbocycles. The van der Waals surface area contributed by atoms with Gasteiger partial charge in [-0.3, -0.25) is 4.79 Å². The summed E-state index contributed by atoms with van der Waals surface area (Å²) in [7, 11) is 0. The summed E-state index contributed by atoms with van der Waals surface area (Å²) in [5.74, 6) is 0.126. The normalized spacial score (nSPS) is 34.8. The summed E-state index contributed by atoms with van der Waals surface area (Å²) in [6.07, 6.45) is 6.26. The van der Waals surface area contributed by atoms with Crippen LogP contribution in [0.3, 0.4) is 0 Å². The fraction of sp³-hybridized carbons (Fsp3) is 0.727. The molecule has 2 heteroatoms. The van der Waals surface area contributed by atoms with Gasteiger partial charge in [0.1, 0.15) is 6.10 Å². The maximum Gasteiger partial charge on any atom is 0.309 e. The van der Waals surface area contributed by atoms with E-state index in [9.17, 15) is 4.79 Å². The molecule has 13 heavy (non-hydrogen) atoms. The number of rotatable bonds is 0. The highest BCUT2D eigenvalue weighted by molar-refractivity contribution is 5.73. The first kappa shape index (κ1) is 8.79. The molecule has 2 aliphatic heterocycles. The minimum Gasteiger partial charge on any atom is -0.462 e. The topological polar surface area (TPSA) is 26.3 Å². The summed E-state index contributed by atoms with van der Waals surface area (Å²) < 4.78 is 5.39. The van der Waals surface area contributed by atoms with Crippen LogP contribution in [0.15, 0.2) is 12.2 Å². The molecule has 0 radical (unpaired) electrons. The summed E-state index contributed by atoms with van der Waals surface area (Å²) in [5, 5.41) is 0. The molecule has 0 aromatic carbocycles. The molecule has 72 valence electrons. The largest absolute Gasteiger partial charge is 0.462 e. The SMILES string of the molecule is C=C1C[C@@H]2CCCC[C@H](C1)C(=O)O2. The lowest BCUT2D eigenvalue weighted by Gasteiger charge is -2.19. The third-order valence-electron chi connectivity index (χ3n) is 3.00. The summed E-state index contributed by atoms with van der Waals surface area (Å²) in [5.41, 5.74) is 1.20. The van der Waals surface area contributed by atoms with Gasteiger partial charge in [-0.25, -0.2) is 0 Å². The van der Waals surface area contributed by atoms with Crippen molar-refractivity contribution in [1.82, 2.24) is 0 Å². The molecule has 0 N–H and O–H groups in total. The van der Waals surface area contributed by atoms with Crippen LogP contribution in [0.4, 0.5) is 0 Å². The number of esters is 1. The molecule has 2 saturated heterocycles. The summed E-state index contributed by atoms with van der Waals surface area (Å²) in [6.45, 7) is 4.00. The van der Waals surface area contributed by atoms with Crippen molar-refractivity contribution >= 4 is 5.97 Å². The second-order valence-electron chi connectivity index (χ2n) is 4.20. The van der Waals surface area contributed by atoms with Crippen molar-refractivity contribution < 1.29 is 9.53 Å². The Kier molecular flexibility index (Phi) is 2.38. The maximum atomic E-state index is 11.5. The van der Waals surface area contributed by atoms with E-state index in [4.69, 9.17) is 4.74 Å². The zero-order chi connectivity index (χ0) is 9.26. The van der Waals surface area contributed by atoms with Gasteiger partial charge in [0.25, 0.3) is 0 Å². The Morgan fingerprint density at radius 1 is 1.23 bits per heavy atom. The molecule has 0 spiro atoms. The zero-order valence-electron chi connectivity index (χ0n) is 7.92. The van der Waals surface area contributed by atoms with Crippen LogP contribution in [-0.2, 0) is 9.53 Å². The van der Waals surface area contributed by atoms with Crippen LogP contribution in [-0.4, -0.2) is 12.1 Å². The molecule has 2 fully saturated rings. The minimum atomic E-state index is 0.0170. The molecule has 0 aromatic heterocycles. The standard InChI is InChI=1S/C11H16O2/c1-8-6-9-4-2-3-5-10(7-8)13-11(9)12/h9-10H,1-7H2/t9-,10+/m1/s1. The average molecular weight is 180 g/mol. The van der Waals surface area contributed by atoms with Crippen LogP contribution in [0, 0.1) is 5.92 Å². The quantitative estimate of drug-likeness (QED) is 0.423. The first-order chi connectivity index (χ1) is 6.25. The Morgan fingerprint density at radius 2 is 2.00 bits per heavy atom. The third kappa shape index (κ3) is 1.93. The molecular formula is C11H16O2. The zero-order valence-corrected chi connectivity index (χ0v) is 7.92. The highest BCUT2D eigenvalue weighted by Crippen LogP contribution is 2.31. The van der Waals surface area contributed by atoms with Crippen molar-refractivity contribution in [3.63, 3.8) is 0 Å². The van der Waals surface area contributed by atoms with Crippen molar-refractivity contribution in [2.24, 2.45) is 5.92 Å². The van der Waals surface area contributed by atoms with E-state index in [-0.39, 0.29) is 18.0 Å². The van der Waals surface area contributed by atoms with Crippen LogP contribution < -0.4 is 0 Å². The van der Waals surface area contributed by atoms with Gasteiger partial charge in [-0.2, -0.15) is 0 Å². The Hall–Kier alpha value is -0.790. The van der Waals surface area contributed by atoms with Gasteiger partial charge in [0.15, 0.2) is 0 Å². The van der Waals surface area contributed by atoms with E-state index >= 15 is 0 Å². The Bertz CT molecular complexity index is 232. The fourth-order valence-electron chi connectivity index (χ4n) is 2.28. The number of hydrogen-bond donors (Lipinski definition) is 0. The fourth-order valence-corrected chi connectivity index (χ4v) is 2.28.